The fraction of sp³-hybridized carbons (Fsp3) is 0.500. The molecule has 1 fully saturated rings. The zero-order valence-corrected chi connectivity index (χ0v) is 9.30. The Kier molecular flexibility index (Phi) is 2.97. The third kappa shape index (κ3) is 2.03. The van der Waals surface area contributed by atoms with Gasteiger partial charge in [0.2, 0.25) is 0 Å². The molecule has 14 heavy (non-hydrogen) atoms. The lowest BCUT2D eigenvalue weighted by Crippen LogP contribution is -2.18. The third-order valence-corrected chi connectivity index (χ3v) is 3.19. The van der Waals surface area contributed by atoms with Crippen LogP contribution in [-0.4, -0.2) is 13.1 Å². The maximum atomic E-state index is 5.75. The predicted octanol–water partition coefficient (Wildman–Crippen LogP) is 3.27. The van der Waals surface area contributed by atoms with Crippen LogP contribution in [0.4, 0.5) is 5.69 Å². The minimum atomic E-state index is 0.608. The number of benzene rings is 1. The van der Waals surface area contributed by atoms with E-state index in [0.29, 0.717) is 5.88 Å². The van der Waals surface area contributed by atoms with Gasteiger partial charge in [-0.05, 0) is 30.0 Å². The summed E-state index contributed by atoms with van der Waals surface area (Å²) in [6.07, 6.45) is 1.32. The summed E-state index contributed by atoms with van der Waals surface area (Å²) in [4.78, 5) is 2.45. The van der Waals surface area contributed by atoms with Crippen molar-refractivity contribution in [2.24, 2.45) is 5.92 Å². The Bertz CT molecular complexity index is 294. The zero-order chi connectivity index (χ0) is 9.97. The molecule has 1 aromatic carbocycles. The molecule has 0 N–H and O–H groups in total. The molecular weight excluding hydrogens is 194 g/mol. The van der Waals surface area contributed by atoms with Crippen LogP contribution in [0.2, 0.25) is 0 Å². The lowest BCUT2D eigenvalue weighted by Gasteiger charge is -2.18. The molecule has 1 atom stereocenters. The fourth-order valence-electron chi connectivity index (χ4n) is 1.97. The Morgan fingerprint density at radius 2 is 2.07 bits per heavy atom. The van der Waals surface area contributed by atoms with Crippen LogP contribution >= 0.6 is 11.6 Å². The quantitative estimate of drug-likeness (QED) is 0.676. The Labute approximate surface area is 90.7 Å². The summed E-state index contributed by atoms with van der Waals surface area (Å²) in [7, 11) is 0. The molecular formula is C12H16ClN. The Hall–Kier alpha value is -0.690. The van der Waals surface area contributed by atoms with Crippen LogP contribution < -0.4 is 4.90 Å². The average molecular weight is 210 g/mol. The van der Waals surface area contributed by atoms with Crippen molar-refractivity contribution in [2.45, 2.75) is 19.2 Å². The molecule has 0 aliphatic carbocycles. The SMILES string of the molecule is CC1CCN(c2ccc(CCl)cc2)C1. The average Bonchev–Trinajstić information content (AvgIpc) is 2.65. The normalized spacial score (nSPS) is 21.6. The largest absolute Gasteiger partial charge is 0.371 e. The number of hydrogen-bond donors (Lipinski definition) is 0. The first-order valence-electron chi connectivity index (χ1n) is 5.19. The molecule has 2 rings (SSSR count). The van der Waals surface area contributed by atoms with Gasteiger partial charge in [0.15, 0.2) is 0 Å². The van der Waals surface area contributed by atoms with E-state index in [-0.39, 0.29) is 0 Å². The van der Waals surface area contributed by atoms with Crippen molar-refractivity contribution in [1.29, 1.82) is 0 Å². The number of nitrogens with zero attached hydrogens (tertiary/aromatic N) is 1. The first kappa shape index (κ1) is 9.85. The molecule has 1 aliphatic rings. The Balaban J connectivity index is 2.09. The highest BCUT2D eigenvalue weighted by atomic mass is 35.5. The maximum absolute atomic E-state index is 5.75. The number of rotatable bonds is 2. The van der Waals surface area contributed by atoms with Gasteiger partial charge in [0, 0.05) is 24.7 Å². The summed E-state index contributed by atoms with van der Waals surface area (Å²) in [5.41, 5.74) is 2.53. The molecule has 1 saturated heterocycles. The van der Waals surface area contributed by atoms with E-state index in [4.69, 9.17) is 11.6 Å². The molecule has 0 amide bonds. The van der Waals surface area contributed by atoms with Crippen LogP contribution in [-0.2, 0) is 5.88 Å². The summed E-state index contributed by atoms with van der Waals surface area (Å²) in [5.74, 6) is 1.44. The molecule has 1 nitrogen and oxygen atoms in total. The second-order valence-corrected chi connectivity index (χ2v) is 4.41. The van der Waals surface area contributed by atoms with Gasteiger partial charge in [-0.3, -0.25) is 0 Å². The molecule has 0 saturated carbocycles. The first-order valence-corrected chi connectivity index (χ1v) is 5.73. The molecule has 76 valence electrons. The van der Waals surface area contributed by atoms with Crippen LogP contribution in [0.15, 0.2) is 24.3 Å². The number of anilines is 1. The van der Waals surface area contributed by atoms with Crippen molar-refractivity contribution in [3.05, 3.63) is 29.8 Å². The smallest absolute Gasteiger partial charge is 0.0474 e. The van der Waals surface area contributed by atoms with Gasteiger partial charge < -0.3 is 4.90 Å². The Morgan fingerprint density at radius 3 is 2.57 bits per heavy atom. The van der Waals surface area contributed by atoms with Crippen LogP contribution in [0.1, 0.15) is 18.9 Å². The molecule has 0 radical (unpaired) electrons. The van der Waals surface area contributed by atoms with Crippen molar-refractivity contribution in [2.75, 3.05) is 18.0 Å². The summed E-state index contributed by atoms with van der Waals surface area (Å²) in [6, 6.07) is 8.59. The van der Waals surface area contributed by atoms with Crippen molar-refractivity contribution in [1.82, 2.24) is 0 Å². The van der Waals surface area contributed by atoms with E-state index >= 15 is 0 Å². The van der Waals surface area contributed by atoms with Gasteiger partial charge in [0.05, 0.1) is 0 Å². The van der Waals surface area contributed by atoms with Crippen molar-refractivity contribution in [3.63, 3.8) is 0 Å². The monoisotopic (exact) mass is 209 g/mol. The van der Waals surface area contributed by atoms with E-state index in [2.05, 4.69) is 36.1 Å². The van der Waals surface area contributed by atoms with Crippen LogP contribution in [0, 0.1) is 5.92 Å². The molecule has 1 unspecified atom stereocenters. The van der Waals surface area contributed by atoms with E-state index in [9.17, 15) is 0 Å². The Morgan fingerprint density at radius 1 is 1.36 bits per heavy atom. The summed E-state index contributed by atoms with van der Waals surface area (Å²) < 4.78 is 0. The van der Waals surface area contributed by atoms with Gasteiger partial charge in [0.1, 0.15) is 0 Å². The van der Waals surface area contributed by atoms with E-state index in [1.54, 1.807) is 0 Å². The van der Waals surface area contributed by atoms with Gasteiger partial charge in [-0.1, -0.05) is 19.1 Å². The minimum absolute atomic E-state index is 0.608. The summed E-state index contributed by atoms with van der Waals surface area (Å²) in [6.45, 7) is 4.70. The fourth-order valence-corrected chi connectivity index (χ4v) is 2.14. The molecule has 1 heterocycles. The molecule has 1 aliphatic heterocycles. The predicted molar refractivity (Wildman–Crippen MR) is 62.0 cm³/mol. The standard InChI is InChI=1S/C12H16ClN/c1-10-6-7-14(9-10)12-4-2-11(8-13)3-5-12/h2-5,10H,6-9H2,1H3. The number of halogens is 1. The van der Waals surface area contributed by atoms with Crippen molar-refractivity contribution >= 4 is 17.3 Å². The molecule has 0 spiro atoms. The molecule has 2 heteroatoms. The van der Waals surface area contributed by atoms with Gasteiger partial charge in [0.25, 0.3) is 0 Å². The van der Waals surface area contributed by atoms with Gasteiger partial charge in [-0.25, -0.2) is 0 Å². The van der Waals surface area contributed by atoms with Gasteiger partial charge in [-0.2, -0.15) is 0 Å². The van der Waals surface area contributed by atoms with E-state index in [1.165, 1.54) is 30.8 Å². The second kappa shape index (κ2) is 4.22. The summed E-state index contributed by atoms with van der Waals surface area (Å²) in [5, 5.41) is 0. The molecule has 1 aromatic rings. The van der Waals surface area contributed by atoms with Crippen LogP contribution in [0.25, 0.3) is 0 Å². The number of alkyl halides is 1. The van der Waals surface area contributed by atoms with Crippen LogP contribution in [0.3, 0.4) is 0 Å². The maximum Gasteiger partial charge on any atom is 0.0474 e. The highest BCUT2D eigenvalue weighted by Gasteiger charge is 2.18. The minimum Gasteiger partial charge on any atom is -0.371 e. The van der Waals surface area contributed by atoms with Crippen molar-refractivity contribution < 1.29 is 0 Å². The first-order chi connectivity index (χ1) is 6.79. The van der Waals surface area contributed by atoms with Crippen LogP contribution in [0.5, 0.6) is 0 Å². The van der Waals surface area contributed by atoms with Gasteiger partial charge in [-0.15, -0.1) is 11.6 Å². The topological polar surface area (TPSA) is 3.24 Å². The van der Waals surface area contributed by atoms with E-state index < -0.39 is 0 Å². The van der Waals surface area contributed by atoms with Crippen molar-refractivity contribution in [3.8, 4) is 0 Å². The highest BCUT2D eigenvalue weighted by molar-refractivity contribution is 6.17. The molecule has 0 bridgehead atoms. The van der Waals surface area contributed by atoms with Gasteiger partial charge >= 0.3 is 0 Å². The highest BCUT2D eigenvalue weighted by Crippen LogP contribution is 2.23. The lowest BCUT2D eigenvalue weighted by atomic mass is 10.2. The zero-order valence-electron chi connectivity index (χ0n) is 8.54. The van der Waals surface area contributed by atoms with E-state index in [0.717, 1.165) is 5.92 Å². The second-order valence-electron chi connectivity index (χ2n) is 4.14. The van der Waals surface area contributed by atoms with E-state index in [1.807, 2.05) is 0 Å². The number of hydrogen-bond acceptors (Lipinski definition) is 1. The third-order valence-electron chi connectivity index (χ3n) is 2.88. The molecule has 0 aromatic heterocycles. The lowest BCUT2D eigenvalue weighted by molar-refractivity contribution is 0.659. The summed E-state index contributed by atoms with van der Waals surface area (Å²) >= 11 is 5.75.